The van der Waals surface area contributed by atoms with Crippen molar-refractivity contribution in [3.63, 3.8) is 0 Å². The molecule has 2 bridgehead atoms. The van der Waals surface area contributed by atoms with E-state index in [1.807, 2.05) is 0 Å². The molecular weight excluding hydrogens is 502 g/mol. The van der Waals surface area contributed by atoms with E-state index in [1.54, 1.807) is 26.8 Å². The van der Waals surface area contributed by atoms with Gasteiger partial charge < -0.3 is 20.1 Å². The summed E-state index contributed by atoms with van der Waals surface area (Å²) in [6.45, 7) is 0.849. The predicted molar refractivity (Wildman–Crippen MR) is 130 cm³/mol. The summed E-state index contributed by atoms with van der Waals surface area (Å²) in [7, 11) is 0. The summed E-state index contributed by atoms with van der Waals surface area (Å²) in [5, 5.41) is 28.0. The molecule has 0 atom stereocenters. The van der Waals surface area contributed by atoms with E-state index in [-0.39, 0.29) is 83.9 Å². The van der Waals surface area contributed by atoms with Gasteiger partial charge >= 0.3 is 17.9 Å². The molecule has 2 aliphatic rings. The summed E-state index contributed by atoms with van der Waals surface area (Å²) in [6, 6.07) is 3.37. The van der Waals surface area contributed by atoms with E-state index in [0.29, 0.717) is 23.6 Å². The normalized spacial score (nSPS) is 17.7. The molecule has 1 aromatic heterocycles. The fourth-order valence-corrected chi connectivity index (χ4v) is 4.20. The number of carboxylic acids is 3. The van der Waals surface area contributed by atoms with Gasteiger partial charge in [-0.1, -0.05) is 0 Å². The Morgan fingerprint density at radius 1 is 0.789 bits per heavy atom. The van der Waals surface area contributed by atoms with Gasteiger partial charge in [0.25, 0.3) is 11.8 Å². The van der Waals surface area contributed by atoms with Crippen molar-refractivity contribution in [1.82, 2.24) is 24.6 Å². The van der Waals surface area contributed by atoms with Crippen LogP contribution in [0.5, 0.6) is 5.75 Å². The lowest BCUT2D eigenvalue weighted by atomic mass is 10.2. The number of pyridine rings is 1. The highest BCUT2D eigenvalue weighted by Gasteiger charge is 2.23. The van der Waals surface area contributed by atoms with Crippen molar-refractivity contribution in [3.8, 4) is 5.75 Å². The molecule has 38 heavy (non-hydrogen) atoms. The number of aromatic nitrogens is 1. The van der Waals surface area contributed by atoms with Crippen molar-refractivity contribution in [3.05, 3.63) is 35.7 Å². The predicted octanol–water partition coefficient (Wildman–Crippen LogP) is -1.05. The van der Waals surface area contributed by atoms with Gasteiger partial charge in [-0.05, 0) is 18.6 Å². The minimum Gasteiger partial charge on any atom is -0.492 e. The highest BCUT2D eigenvalue weighted by molar-refractivity contribution is 6.12. The van der Waals surface area contributed by atoms with Crippen LogP contribution in [0.15, 0.2) is 24.3 Å². The van der Waals surface area contributed by atoms with E-state index in [4.69, 9.17) is 4.74 Å². The van der Waals surface area contributed by atoms with E-state index in [1.165, 1.54) is 12.2 Å². The fraction of sp³-hybridized carbons (Fsp3) is 0.500. The number of hydrogen-bond donors (Lipinski definition) is 3. The zero-order valence-electron chi connectivity index (χ0n) is 20.8. The average Bonchev–Trinajstić information content (AvgIpc) is 3.14. The molecule has 2 amide bonds. The van der Waals surface area contributed by atoms with Gasteiger partial charge in [0.05, 0.1) is 37.6 Å². The first-order valence-corrected chi connectivity index (χ1v) is 12.1. The van der Waals surface area contributed by atoms with E-state index in [0.717, 1.165) is 4.90 Å². The van der Waals surface area contributed by atoms with Crippen LogP contribution in [0.1, 0.15) is 17.8 Å². The summed E-state index contributed by atoms with van der Waals surface area (Å²) < 4.78 is 5.89. The molecule has 0 radical (unpaired) electrons. The SMILES string of the molecule is O=C(O)CN1CCN(CC(=O)O)Cc2ccc(OCCCN3C(=O)C=CC3=O)c(n2)CN(CC(=O)O)CC1. The molecule has 14 heteroatoms. The van der Waals surface area contributed by atoms with Gasteiger partial charge in [0.1, 0.15) is 5.75 Å². The average molecular weight is 534 g/mol. The minimum absolute atomic E-state index is 0.0995. The van der Waals surface area contributed by atoms with Crippen molar-refractivity contribution in [2.24, 2.45) is 0 Å². The largest absolute Gasteiger partial charge is 0.492 e. The Morgan fingerprint density at radius 2 is 1.32 bits per heavy atom. The highest BCUT2D eigenvalue weighted by atomic mass is 16.5. The quantitative estimate of drug-likeness (QED) is 0.232. The zero-order valence-corrected chi connectivity index (χ0v) is 20.8. The van der Waals surface area contributed by atoms with Gasteiger partial charge in [-0.2, -0.15) is 0 Å². The molecule has 206 valence electrons. The molecule has 0 spiro atoms. The number of carbonyl (C=O) groups is 5. The second kappa shape index (κ2) is 13.6. The fourth-order valence-electron chi connectivity index (χ4n) is 4.20. The molecule has 3 rings (SSSR count). The van der Waals surface area contributed by atoms with Gasteiger partial charge in [-0.15, -0.1) is 0 Å². The molecule has 2 aliphatic heterocycles. The maximum atomic E-state index is 11.7. The molecule has 14 nitrogen and oxygen atoms in total. The topological polar surface area (TPSA) is 181 Å². The third kappa shape index (κ3) is 8.90. The van der Waals surface area contributed by atoms with E-state index in [9.17, 15) is 39.3 Å². The van der Waals surface area contributed by atoms with Crippen molar-refractivity contribution >= 4 is 29.7 Å². The smallest absolute Gasteiger partial charge is 0.317 e. The number of ether oxygens (including phenoxy) is 1. The summed E-state index contributed by atoms with van der Waals surface area (Å²) in [4.78, 5) is 68.4. The lowest BCUT2D eigenvalue weighted by Gasteiger charge is -2.29. The molecule has 0 aromatic carbocycles. The summed E-state index contributed by atoms with van der Waals surface area (Å²) in [5.74, 6) is -3.49. The van der Waals surface area contributed by atoms with Crippen molar-refractivity contribution in [2.75, 3.05) is 59.0 Å². The lowest BCUT2D eigenvalue weighted by Crippen LogP contribution is -2.44. The number of rotatable bonds is 11. The number of nitrogens with zero attached hydrogens (tertiary/aromatic N) is 5. The zero-order chi connectivity index (χ0) is 27.7. The van der Waals surface area contributed by atoms with Crippen molar-refractivity contribution in [2.45, 2.75) is 19.5 Å². The molecule has 0 saturated carbocycles. The Kier molecular flexibility index (Phi) is 10.3. The first-order valence-electron chi connectivity index (χ1n) is 12.1. The van der Waals surface area contributed by atoms with Crippen molar-refractivity contribution in [1.29, 1.82) is 0 Å². The van der Waals surface area contributed by atoms with Crippen LogP contribution in [0.3, 0.4) is 0 Å². The number of imide groups is 1. The summed E-state index contributed by atoms with van der Waals surface area (Å²) >= 11 is 0. The third-order valence-electron chi connectivity index (χ3n) is 5.97. The van der Waals surface area contributed by atoms with Crippen LogP contribution in [-0.2, 0) is 37.1 Å². The molecule has 3 heterocycles. The third-order valence-corrected chi connectivity index (χ3v) is 5.97. The van der Waals surface area contributed by atoms with Crippen LogP contribution >= 0.6 is 0 Å². The Balaban J connectivity index is 1.79. The molecular formula is C24H31N5O9. The minimum atomic E-state index is -1.05. The maximum absolute atomic E-state index is 11.7. The van der Waals surface area contributed by atoms with Gasteiger partial charge in [0.2, 0.25) is 0 Å². The Hall–Kier alpha value is -3.88. The Morgan fingerprint density at radius 3 is 1.89 bits per heavy atom. The van der Waals surface area contributed by atoms with Gasteiger partial charge in [-0.25, -0.2) is 0 Å². The summed E-state index contributed by atoms with van der Waals surface area (Å²) in [5.41, 5.74) is 0.993. The second-order valence-corrected chi connectivity index (χ2v) is 8.99. The molecule has 1 aromatic rings. The first kappa shape index (κ1) is 28.7. The first-order chi connectivity index (χ1) is 18.1. The molecule has 0 aliphatic carbocycles. The number of fused-ring (bicyclic) bond motifs is 2. The van der Waals surface area contributed by atoms with Crippen LogP contribution in [0.2, 0.25) is 0 Å². The van der Waals surface area contributed by atoms with Crippen LogP contribution in [0.25, 0.3) is 0 Å². The second-order valence-electron chi connectivity index (χ2n) is 8.99. The number of aliphatic carboxylic acids is 3. The molecule has 0 saturated heterocycles. The van der Waals surface area contributed by atoms with Gasteiger partial charge in [-0.3, -0.25) is 48.6 Å². The van der Waals surface area contributed by atoms with Gasteiger partial charge in [0.15, 0.2) is 0 Å². The van der Waals surface area contributed by atoms with E-state index in [2.05, 4.69) is 4.98 Å². The van der Waals surface area contributed by atoms with Crippen molar-refractivity contribution < 1.29 is 44.0 Å². The number of carbonyl (C=O) groups excluding carboxylic acids is 2. The molecule has 0 unspecified atom stereocenters. The van der Waals surface area contributed by atoms with Crippen LogP contribution in [0, 0.1) is 0 Å². The highest BCUT2D eigenvalue weighted by Crippen LogP contribution is 2.21. The molecule has 3 N–H and O–H groups in total. The van der Waals surface area contributed by atoms with Gasteiger partial charge in [0, 0.05) is 58.0 Å². The van der Waals surface area contributed by atoms with E-state index < -0.39 is 17.9 Å². The number of hydrogen-bond acceptors (Lipinski definition) is 10. The monoisotopic (exact) mass is 533 g/mol. The van der Waals surface area contributed by atoms with Crippen LogP contribution in [-0.4, -0.2) is 129 Å². The number of amides is 2. The maximum Gasteiger partial charge on any atom is 0.317 e. The summed E-state index contributed by atoms with van der Waals surface area (Å²) in [6.07, 6.45) is 2.79. The molecule has 0 fully saturated rings. The Bertz CT molecular complexity index is 1080. The van der Waals surface area contributed by atoms with Crippen LogP contribution < -0.4 is 4.74 Å². The van der Waals surface area contributed by atoms with E-state index >= 15 is 0 Å². The number of carboxylic acid groups (broad SMARTS) is 3. The standard InChI is InChI=1S/C24H31N5O9/c30-20-4-5-21(31)29(20)6-1-11-38-19-3-2-17-12-27(15-23(34)35)9-7-26(14-22(32)33)8-10-28(16-24(36)37)13-18(19)25-17/h2-5H,1,6-16H2,(H,32,33)(H,34,35)(H,36,37). The Labute approximate surface area is 218 Å². The van der Waals surface area contributed by atoms with Crippen LogP contribution in [0.4, 0.5) is 0 Å². The lowest BCUT2D eigenvalue weighted by molar-refractivity contribution is -0.140.